The van der Waals surface area contributed by atoms with E-state index in [9.17, 15) is 0 Å². The Labute approximate surface area is 370 Å². The van der Waals surface area contributed by atoms with E-state index in [1.165, 1.54) is 0 Å². The number of fused-ring (bicyclic) bond motifs is 1. The summed E-state index contributed by atoms with van der Waals surface area (Å²) in [5.74, 6) is 1.06. The van der Waals surface area contributed by atoms with Gasteiger partial charge in [-0.15, -0.1) is 0 Å². The number of hydrogen-bond donors (Lipinski definition) is 1. The van der Waals surface area contributed by atoms with Gasteiger partial charge in [0.05, 0.1) is 33.0 Å². The lowest BCUT2D eigenvalue weighted by molar-refractivity contribution is -0.165. The quantitative estimate of drug-likeness (QED) is 0.0671. The molecule has 2 heterocycles. The second-order valence-electron chi connectivity index (χ2n) is 15.4. The Kier molecular flexibility index (Phi) is 15.8. The summed E-state index contributed by atoms with van der Waals surface area (Å²) in [5.41, 5.74) is 6.92. The summed E-state index contributed by atoms with van der Waals surface area (Å²) in [6, 6.07) is 61.0. The summed E-state index contributed by atoms with van der Waals surface area (Å²) < 4.78 is 40.2. The van der Waals surface area contributed by atoms with Crippen molar-refractivity contribution in [1.82, 2.24) is 9.97 Å². The normalized spacial score (nSPS) is 13.6. The maximum atomic E-state index is 7.04. The molecule has 8 rings (SSSR count). The van der Waals surface area contributed by atoms with Gasteiger partial charge in [0.25, 0.3) is 0 Å². The lowest BCUT2D eigenvalue weighted by Crippen LogP contribution is -2.51. The van der Waals surface area contributed by atoms with Gasteiger partial charge in [0.15, 0.2) is 5.82 Å². The molecule has 1 aliphatic heterocycles. The minimum absolute atomic E-state index is 0.214. The first-order chi connectivity index (χ1) is 31.2. The number of ether oxygens (including phenoxy) is 6. The Morgan fingerprint density at radius 3 is 1.40 bits per heavy atom. The predicted molar refractivity (Wildman–Crippen MR) is 245 cm³/mol. The fourth-order valence-electron chi connectivity index (χ4n) is 7.36. The molecule has 1 aliphatic rings. The number of nitrogens with one attached hydrogen (secondary N) is 1. The van der Waals surface area contributed by atoms with Gasteiger partial charge in [0.2, 0.25) is 5.88 Å². The second kappa shape index (κ2) is 23.0. The van der Waals surface area contributed by atoms with Crippen molar-refractivity contribution in [3.05, 3.63) is 215 Å². The van der Waals surface area contributed by atoms with Gasteiger partial charge in [-0.3, -0.25) is 0 Å². The summed E-state index contributed by atoms with van der Waals surface area (Å²) in [5, 5.41) is 3.55. The molecular formula is C53H54N4O6. The van der Waals surface area contributed by atoms with Crippen molar-refractivity contribution in [2.75, 3.05) is 36.5 Å². The summed E-state index contributed by atoms with van der Waals surface area (Å²) in [6.07, 6.45) is -1.64. The predicted octanol–water partition coefficient (Wildman–Crippen LogP) is 9.84. The van der Waals surface area contributed by atoms with Gasteiger partial charge in [-0.1, -0.05) is 182 Å². The van der Waals surface area contributed by atoms with E-state index in [2.05, 4.69) is 58.7 Å². The lowest BCUT2D eigenvalue weighted by atomic mass is 10.1. The molecule has 0 spiro atoms. The molecular weight excluding hydrogens is 789 g/mol. The standard InChI is InChI=1S/C53H54N4O6/c1-7-19-41(20-8-1)34-58-40-48(60-36-43-23-11-3-12-24-43)50(61-37-44-25-13-4-14-26-44)47(59-35-42-21-9-2-10-22-42)33-57-32-31-54-49-51(57)55-53(63-39-46-29-17-6-18-30-46)56-52(49)62-38-45-27-15-5-16-28-45/h1-30,47-48,50,54H,31-40H2/t47-,48+,50-/m0/s1. The fraction of sp³-hybridized carbons (Fsp3) is 0.245. The van der Waals surface area contributed by atoms with Gasteiger partial charge in [-0.05, 0) is 33.4 Å². The van der Waals surface area contributed by atoms with Crippen LogP contribution in [0, 0.1) is 0 Å². The Morgan fingerprint density at radius 2 is 0.889 bits per heavy atom. The molecule has 0 saturated carbocycles. The molecule has 1 N–H and O–H groups in total. The Morgan fingerprint density at radius 1 is 0.460 bits per heavy atom. The molecule has 7 aromatic rings. The molecule has 10 nitrogen and oxygen atoms in total. The van der Waals surface area contributed by atoms with Crippen molar-refractivity contribution in [3.8, 4) is 11.9 Å². The zero-order valence-electron chi connectivity index (χ0n) is 35.4. The second-order valence-corrected chi connectivity index (χ2v) is 15.4. The molecule has 0 unspecified atom stereocenters. The lowest BCUT2D eigenvalue weighted by Gasteiger charge is -2.38. The number of hydrogen-bond acceptors (Lipinski definition) is 10. The van der Waals surface area contributed by atoms with Crippen molar-refractivity contribution in [2.45, 2.75) is 58.0 Å². The average molecular weight is 843 g/mol. The highest BCUT2D eigenvalue weighted by atomic mass is 16.6. The van der Waals surface area contributed by atoms with Crippen LogP contribution in [0.2, 0.25) is 0 Å². The van der Waals surface area contributed by atoms with Crippen molar-refractivity contribution in [2.24, 2.45) is 0 Å². The van der Waals surface area contributed by atoms with Crippen LogP contribution in [0.4, 0.5) is 11.5 Å². The molecule has 1 aromatic heterocycles. The number of benzene rings is 6. The van der Waals surface area contributed by atoms with Crippen LogP contribution < -0.4 is 19.7 Å². The molecule has 0 aliphatic carbocycles. The smallest absolute Gasteiger partial charge is 0.322 e. The van der Waals surface area contributed by atoms with Gasteiger partial charge in [0.1, 0.15) is 37.2 Å². The van der Waals surface area contributed by atoms with Crippen molar-refractivity contribution in [1.29, 1.82) is 0 Å². The van der Waals surface area contributed by atoms with E-state index in [1.807, 2.05) is 133 Å². The molecule has 0 amide bonds. The monoisotopic (exact) mass is 842 g/mol. The molecule has 3 atom stereocenters. The first kappa shape index (κ1) is 43.1. The molecule has 63 heavy (non-hydrogen) atoms. The highest BCUT2D eigenvalue weighted by Gasteiger charge is 2.36. The number of rotatable bonds is 23. The van der Waals surface area contributed by atoms with E-state index < -0.39 is 18.3 Å². The first-order valence-electron chi connectivity index (χ1n) is 21.6. The van der Waals surface area contributed by atoms with Crippen LogP contribution in [0.1, 0.15) is 33.4 Å². The number of aromatic nitrogens is 2. The van der Waals surface area contributed by atoms with Crippen LogP contribution in [0.25, 0.3) is 0 Å². The third-order valence-electron chi connectivity index (χ3n) is 10.7. The van der Waals surface area contributed by atoms with Crippen molar-refractivity contribution < 1.29 is 28.4 Å². The zero-order valence-corrected chi connectivity index (χ0v) is 35.4. The maximum absolute atomic E-state index is 7.04. The topological polar surface area (TPSA) is 96.4 Å². The molecule has 0 fully saturated rings. The van der Waals surface area contributed by atoms with Gasteiger partial charge < -0.3 is 38.6 Å². The molecule has 322 valence electrons. The van der Waals surface area contributed by atoms with Crippen molar-refractivity contribution >= 4 is 11.5 Å². The zero-order chi connectivity index (χ0) is 42.7. The van der Waals surface area contributed by atoms with Gasteiger partial charge in [0, 0.05) is 19.6 Å². The highest BCUT2D eigenvalue weighted by molar-refractivity contribution is 5.73. The van der Waals surface area contributed by atoms with Gasteiger partial charge >= 0.3 is 6.01 Å². The minimum atomic E-state index is -0.587. The number of nitrogens with zero attached hydrogens (tertiary/aromatic N) is 3. The van der Waals surface area contributed by atoms with Crippen LogP contribution >= 0.6 is 0 Å². The highest BCUT2D eigenvalue weighted by Crippen LogP contribution is 2.37. The Bertz CT molecular complexity index is 2360. The average Bonchev–Trinajstić information content (AvgIpc) is 3.35. The molecule has 0 bridgehead atoms. The first-order valence-corrected chi connectivity index (χ1v) is 21.6. The number of anilines is 2. The van der Waals surface area contributed by atoms with Crippen LogP contribution in [-0.4, -0.2) is 54.5 Å². The largest absolute Gasteiger partial charge is 0.471 e. The molecule has 0 radical (unpaired) electrons. The van der Waals surface area contributed by atoms with Crippen LogP contribution in [-0.2, 0) is 58.6 Å². The third kappa shape index (κ3) is 13.0. The summed E-state index contributed by atoms with van der Waals surface area (Å²) >= 11 is 0. The van der Waals surface area contributed by atoms with E-state index >= 15 is 0 Å². The van der Waals surface area contributed by atoms with Gasteiger partial charge in [-0.25, -0.2) is 0 Å². The minimum Gasteiger partial charge on any atom is -0.471 e. The van der Waals surface area contributed by atoms with Gasteiger partial charge in [-0.2, -0.15) is 9.97 Å². The van der Waals surface area contributed by atoms with E-state index in [0.717, 1.165) is 33.4 Å². The van der Waals surface area contributed by atoms with Crippen molar-refractivity contribution in [3.63, 3.8) is 0 Å². The molecule has 10 heteroatoms. The SMILES string of the molecule is c1ccc(COC[C@@H](OCc2ccccc2)[C@@H](OCc2ccccc2)[C@H](CN2CCNc3c(OCc4ccccc4)nc(OCc4ccccc4)nc32)OCc2ccccc2)cc1. The van der Waals surface area contributed by atoms with E-state index in [4.69, 9.17) is 38.4 Å². The Balaban J connectivity index is 1.14. The Hall–Kier alpha value is -6.56. The molecule has 0 saturated heterocycles. The maximum Gasteiger partial charge on any atom is 0.322 e. The third-order valence-corrected chi connectivity index (χ3v) is 10.7. The summed E-state index contributed by atoms with van der Waals surface area (Å²) in [4.78, 5) is 12.1. The van der Waals surface area contributed by atoms with E-state index in [0.29, 0.717) is 76.7 Å². The van der Waals surface area contributed by atoms with Crippen LogP contribution in [0.5, 0.6) is 11.9 Å². The van der Waals surface area contributed by atoms with E-state index in [-0.39, 0.29) is 12.6 Å². The summed E-state index contributed by atoms with van der Waals surface area (Å²) in [6.45, 7) is 4.02. The fourth-order valence-corrected chi connectivity index (χ4v) is 7.36. The summed E-state index contributed by atoms with van der Waals surface area (Å²) in [7, 11) is 0. The van der Waals surface area contributed by atoms with E-state index in [1.54, 1.807) is 0 Å². The van der Waals surface area contributed by atoms with Crippen LogP contribution in [0.3, 0.4) is 0 Å². The molecule has 6 aromatic carbocycles. The van der Waals surface area contributed by atoms with Crippen LogP contribution in [0.15, 0.2) is 182 Å².